The highest BCUT2D eigenvalue weighted by molar-refractivity contribution is 7.97. The van der Waals surface area contributed by atoms with Crippen molar-refractivity contribution >= 4 is 17.7 Å². The summed E-state index contributed by atoms with van der Waals surface area (Å²) in [5.74, 6) is 1.76. The first-order chi connectivity index (χ1) is 8.66. The van der Waals surface area contributed by atoms with E-state index in [9.17, 15) is 4.79 Å². The molecule has 0 aliphatic carbocycles. The van der Waals surface area contributed by atoms with Gasteiger partial charge < -0.3 is 9.52 Å². The van der Waals surface area contributed by atoms with Crippen LogP contribution in [0.4, 0.5) is 0 Å². The Kier molecular flexibility index (Phi) is 4.10. The number of furan rings is 1. The van der Waals surface area contributed by atoms with E-state index in [-0.39, 0.29) is 0 Å². The minimum Gasteiger partial charge on any atom is -0.478 e. The summed E-state index contributed by atoms with van der Waals surface area (Å²) in [4.78, 5) is 10.8. The van der Waals surface area contributed by atoms with Crippen LogP contribution in [0, 0.1) is 6.92 Å². The van der Waals surface area contributed by atoms with Gasteiger partial charge in [-0.25, -0.2) is 4.79 Å². The average Bonchev–Trinajstić information content (AvgIpc) is 2.84. The minimum absolute atomic E-state index is 0.340. The molecular weight excluding hydrogens is 248 g/mol. The maximum atomic E-state index is 10.8. The van der Waals surface area contributed by atoms with Crippen molar-refractivity contribution in [2.45, 2.75) is 18.4 Å². The van der Waals surface area contributed by atoms with Crippen molar-refractivity contribution in [1.29, 1.82) is 0 Å². The fourth-order valence-electron chi connectivity index (χ4n) is 1.65. The first-order valence-electron chi connectivity index (χ1n) is 5.60. The van der Waals surface area contributed by atoms with Gasteiger partial charge >= 0.3 is 5.97 Å². The van der Waals surface area contributed by atoms with Gasteiger partial charge in [0.1, 0.15) is 5.76 Å². The van der Waals surface area contributed by atoms with Crippen molar-refractivity contribution in [1.82, 2.24) is 0 Å². The monoisotopic (exact) mass is 262 g/mol. The summed E-state index contributed by atoms with van der Waals surface area (Å²) in [5.41, 5.74) is 2.52. The Balaban J connectivity index is 1.95. The number of aromatic carboxylic acids is 1. The molecule has 4 heteroatoms. The lowest BCUT2D eigenvalue weighted by Crippen LogP contribution is -1.98. The fourth-order valence-corrected chi connectivity index (χ4v) is 2.66. The normalized spacial score (nSPS) is 10.5. The Bertz CT molecular complexity index is 532. The SMILES string of the molecule is Cc1cc(C(=O)O)ccc1CSCc1ccco1. The lowest BCUT2D eigenvalue weighted by Gasteiger charge is -2.06. The Morgan fingerprint density at radius 2 is 2.17 bits per heavy atom. The van der Waals surface area contributed by atoms with E-state index < -0.39 is 5.97 Å². The van der Waals surface area contributed by atoms with Crippen molar-refractivity contribution < 1.29 is 14.3 Å². The predicted molar refractivity (Wildman–Crippen MR) is 71.8 cm³/mol. The van der Waals surface area contributed by atoms with Gasteiger partial charge in [-0.3, -0.25) is 0 Å². The molecule has 0 atom stereocenters. The number of hydrogen-bond acceptors (Lipinski definition) is 3. The lowest BCUT2D eigenvalue weighted by molar-refractivity contribution is 0.0697. The summed E-state index contributed by atoms with van der Waals surface area (Å²) in [6, 6.07) is 9.08. The van der Waals surface area contributed by atoms with Gasteiger partial charge in [-0.05, 0) is 42.3 Å². The van der Waals surface area contributed by atoms with E-state index >= 15 is 0 Å². The Morgan fingerprint density at radius 1 is 1.33 bits per heavy atom. The first kappa shape index (κ1) is 12.8. The molecule has 3 nitrogen and oxygen atoms in total. The van der Waals surface area contributed by atoms with Crippen molar-refractivity contribution in [3.05, 3.63) is 59.0 Å². The molecule has 0 unspecified atom stereocenters. The van der Waals surface area contributed by atoms with Crippen LogP contribution in [0.5, 0.6) is 0 Å². The van der Waals surface area contributed by atoms with E-state index in [1.54, 1.807) is 30.2 Å². The van der Waals surface area contributed by atoms with E-state index in [0.29, 0.717) is 5.56 Å². The molecule has 0 aliphatic heterocycles. The second kappa shape index (κ2) is 5.78. The number of rotatable bonds is 5. The zero-order valence-corrected chi connectivity index (χ0v) is 10.9. The zero-order valence-electron chi connectivity index (χ0n) is 10.1. The molecule has 0 bridgehead atoms. The number of thioether (sulfide) groups is 1. The van der Waals surface area contributed by atoms with Crippen LogP contribution < -0.4 is 0 Å². The van der Waals surface area contributed by atoms with Crippen LogP contribution in [0.1, 0.15) is 27.2 Å². The van der Waals surface area contributed by atoms with Gasteiger partial charge in [-0.2, -0.15) is 0 Å². The number of carbonyl (C=O) groups is 1. The van der Waals surface area contributed by atoms with Gasteiger partial charge in [0, 0.05) is 5.75 Å². The molecule has 1 heterocycles. The quantitative estimate of drug-likeness (QED) is 0.892. The minimum atomic E-state index is -0.882. The van der Waals surface area contributed by atoms with Gasteiger partial charge in [-0.15, -0.1) is 11.8 Å². The number of carboxylic acid groups (broad SMARTS) is 1. The average molecular weight is 262 g/mol. The highest BCUT2D eigenvalue weighted by Gasteiger charge is 2.06. The number of benzene rings is 1. The number of hydrogen-bond donors (Lipinski definition) is 1. The predicted octanol–water partition coefficient (Wildman–Crippen LogP) is 3.72. The van der Waals surface area contributed by atoms with Crippen LogP contribution in [-0.2, 0) is 11.5 Å². The summed E-state index contributed by atoms with van der Waals surface area (Å²) in [6.45, 7) is 1.94. The lowest BCUT2D eigenvalue weighted by atomic mass is 10.1. The van der Waals surface area contributed by atoms with Crippen LogP contribution in [0.15, 0.2) is 41.0 Å². The maximum Gasteiger partial charge on any atom is 0.335 e. The molecule has 1 aromatic heterocycles. The van der Waals surface area contributed by atoms with Gasteiger partial charge in [0.05, 0.1) is 17.6 Å². The molecule has 1 aromatic carbocycles. The van der Waals surface area contributed by atoms with Crippen molar-refractivity contribution in [3.63, 3.8) is 0 Å². The summed E-state index contributed by atoms with van der Waals surface area (Å²) in [6.07, 6.45) is 1.67. The number of carboxylic acids is 1. The van der Waals surface area contributed by atoms with Crippen LogP contribution in [0.3, 0.4) is 0 Å². The smallest absolute Gasteiger partial charge is 0.335 e. The largest absolute Gasteiger partial charge is 0.478 e. The van der Waals surface area contributed by atoms with Crippen molar-refractivity contribution in [2.24, 2.45) is 0 Å². The first-order valence-corrected chi connectivity index (χ1v) is 6.75. The molecule has 18 heavy (non-hydrogen) atoms. The van der Waals surface area contributed by atoms with Crippen LogP contribution in [-0.4, -0.2) is 11.1 Å². The highest BCUT2D eigenvalue weighted by Crippen LogP contribution is 2.21. The molecule has 0 fully saturated rings. The van der Waals surface area contributed by atoms with E-state index in [1.165, 1.54) is 0 Å². The summed E-state index contributed by atoms with van der Waals surface area (Å²) in [7, 11) is 0. The van der Waals surface area contributed by atoms with Crippen molar-refractivity contribution in [2.75, 3.05) is 0 Å². The molecule has 0 saturated heterocycles. The molecule has 0 aliphatic rings. The van der Waals surface area contributed by atoms with Crippen LogP contribution in [0.2, 0.25) is 0 Å². The summed E-state index contributed by atoms with van der Waals surface area (Å²) >= 11 is 1.75. The molecule has 2 aromatic rings. The fraction of sp³-hybridized carbons (Fsp3) is 0.214. The molecule has 0 amide bonds. The molecule has 2 rings (SSSR count). The molecule has 0 saturated carbocycles. The molecule has 0 spiro atoms. The Morgan fingerprint density at radius 3 is 2.78 bits per heavy atom. The van der Waals surface area contributed by atoms with Gasteiger partial charge in [0.25, 0.3) is 0 Å². The second-order valence-corrected chi connectivity index (χ2v) is 5.00. The van der Waals surface area contributed by atoms with Gasteiger partial charge in [-0.1, -0.05) is 6.07 Å². The van der Waals surface area contributed by atoms with Gasteiger partial charge in [0.15, 0.2) is 0 Å². The van der Waals surface area contributed by atoms with Crippen LogP contribution in [0.25, 0.3) is 0 Å². The standard InChI is InChI=1S/C14H14O3S/c1-10-7-11(14(15)16)4-5-12(10)8-18-9-13-3-2-6-17-13/h2-7H,8-9H2,1H3,(H,15,16). The molecular formula is C14H14O3S. The Hall–Kier alpha value is -1.68. The van der Waals surface area contributed by atoms with Gasteiger partial charge in [0.2, 0.25) is 0 Å². The topological polar surface area (TPSA) is 50.4 Å². The van der Waals surface area contributed by atoms with Crippen LogP contribution >= 0.6 is 11.8 Å². The third kappa shape index (κ3) is 3.17. The third-order valence-electron chi connectivity index (χ3n) is 2.67. The van der Waals surface area contributed by atoms with E-state index in [4.69, 9.17) is 9.52 Å². The number of aryl methyl sites for hydroxylation is 1. The zero-order chi connectivity index (χ0) is 13.0. The molecule has 0 radical (unpaired) electrons. The highest BCUT2D eigenvalue weighted by atomic mass is 32.2. The summed E-state index contributed by atoms with van der Waals surface area (Å²) < 4.78 is 5.25. The maximum absolute atomic E-state index is 10.8. The third-order valence-corrected chi connectivity index (χ3v) is 3.68. The second-order valence-electron chi connectivity index (χ2n) is 4.02. The summed E-state index contributed by atoms with van der Waals surface area (Å²) in [5, 5.41) is 8.88. The van der Waals surface area contributed by atoms with Crippen molar-refractivity contribution in [3.8, 4) is 0 Å². The van der Waals surface area contributed by atoms with E-state index in [0.717, 1.165) is 28.4 Å². The molecule has 1 N–H and O–H groups in total. The molecule has 94 valence electrons. The van der Waals surface area contributed by atoms with E-state index in [1.807, 2.05) is 25.1 Å². The Labute approximate surface area is 110 Å². The van der Waals surface area contributed by atoms with E-state index in [2.05, 4.69) is 0 Å².